The van der Waals surface area contributed by atoms with E-state index in [0.29, 0.717) is 12.5 Å². The van der Waals surface area contributed by atoms with Crippen LogP contribution in [0, 0.1) is 6.92 Å². The van der Waals surface area contributed by atoms with E-state index in [0.717, 1.165) is 11.5 Å². The maximum Gasteiger partial charge on any atom is 0.188 e. The summed E-state index contributed by atoms with van der Waals surface area (Å²) in [5.41, 5.74) is 6.23. The Morgan fingerprint density at radius 1 is 1.83 bits per heavy atom. The molecule has 0 aliphatic heterocycles. The Labute approximate surface area is 70.6 Å². The van der Waals surface area contributed by atoms with E-state index in [-0.39, 0.29) is 0 Å². The maximum absolute atomic E-state index is 5.41. The Morgan fingerprint density at radius 3 is 3.08 bits per heavy atom. The zero-order valence-corrected chi connectivity index (χ0v) is 7.16. The summed E-state index contributed by atoms with van der Waals surface area (Å²) in [4.78, 5) is 3.74. The van der Waals surface area contributed by atoms with E-state index >= 15 is 0 Å². The van der Waals surface area contributed by atoms with Gasteiger partial charge in [-0.3, -0.25) is 4.99 Å². The van der Waals surface area contributed by atoms with Gasteiger partial charge in [0.2, 0.25) is 0 Å². The molecule has 1 rings (SSSR count). The molecule has 12 heavy (non-hydrogen) atoms. The third kappa shape index (κ3) is 2.26. The third-order valence-corrected chi connectivity index (χ3v) is 1.37. The maximum atomic E-state index is 5.41. The number of guanidine groups is 1. The number of aromatic nitrogens is 1. The predicted octanol–water partition coefficient (Wildman–Crippen LogP) is 0.0171. The van der Waals surface area contributed by atoms with Gasteiger partial charge in [-0.2, -0.15) is 0 Å². The normalized spacial score (nSPS) is 11.7. The number of hydrogen-bond donors (Lipinski definition) is 2. The van der Waals surface area contributed by atoms with Gasteiger partial charge in [-0.1, -0.05) is 5.16 Å². The van der Waals surface area contributed by atoms with Crippen LogP contribution in [-0.4, -0.2) is 18.2 Å². The standard InChI is InChI=1S/C7H12N4O/c1-5-3-6(11-12-5)4-10-7(8)9-2/h3H,4H2,1-2H3,(H3,8,9,10). The number of hydrogen-bond acceptors (Lipinski definition) is 3. The molecular formula is C7H12N4O. The van der Waals surface area contributed by atoms with E-state index in [9.17, 15) is 0 Å². The van der Waals surface area contributed by atoms with Crippen LogP contribution in [0.25, 0.3) is 0 Å². The molecule has 0 unspecified atom stereocenters. The van der Waals surface area contributed by atoms with Crippen LogP contribution >= 0.6 is 0 Å². The van der Waals surface area contributed by atoms with Crippen LogP contribution in [0.1, 0.15) is 11.5 Å². The lowest BCUT2D eigenvalue weighted by atomic mass is 10.4. The number of nitrogens with zero attached hydrogens (tertiary/aromatic N) is 2. The first-order valence-corrected chi connectivity index (χ1v) is 3.60. The van der Waals surface area contributed by atoms with Crippen molar-refractivity contribution >= 4 is 5.96 Å². The first-order chi connectivity index (χ1) is 5.72. The molecule has 1 aromatic rings. The van der Waals surface area contributed by atoms with Gasteiger partial charge in [0, 0.05) is 13.1 Å². The summed E-state index contributed by atoms with van der Waals surface area (Å²) in [6, 6.07) is 1.84. The SMILES string of the molecule is CN=C(N)NCc1cc(C)on1. The molecule has 3 N–H and O–H groups in total. The molecule has 0 saturated carbocycles. The molecule has 1 aromatic heterocycles. The highest BCUT2D eigenvalue weighted by Gasteiger charge is 1.98. The van der Waals surface area contributed by atoms with Gasteiger partial charge in [-0.05, 0) is 6.92 Å². The molecule has 0 amide bonds. The smallest absolute Gasteiger partial charge is 0.188 e. The van der Waals surface area contributed by atoms with Gasteiger partial charge in [0.1, 0.15) is 11.5 Å². The molecule has 5 nitrogen and oxygen atoms in total. The van der Waals surface area contributed by atoms with Gasteiger partial charge in [0.05, 0.1) is 6.54 Å². The number of nitrogens with two attached hydrogens (primary N) is 1. The Hall–Kier alpha value is -1.52. The Kier molecular flexibility index (Phi) is 2.68. The second-order valence-corrected chi connectivity index (χ2v) is 2.39. The first kappa shape index (κ1) is 8.58. The average molecular weight is 168 g/mol. The molecule has 5 heteroatoms. The summed E-state index contributed by atoms with van der Waals surface area (Å²) >= 11 is 0. The van der Waals surface area contributed by atoms with Gasteiger partial charge in [0.25, 0.3) is 0 Å². The Morgan fingerprint density at radius 2 is 2.58 bits per heavy atom. The van der Waals surface area contributed by atoms with Crippen molar-refractivity contribution < 1.29 is 4.52 Å². The van der Waals surface area contributed by atoms with Gasteiger partial charge < -0.3 is 15.6 Å². The summed E-state index contributed by atoms with van der Waals surface area (Å²) < 4.78 is 4.86. The lowest BCUT2D eigenvalue weighted by Crippen LogP contribution is -2.30. The van der Waals surface area contributed by atoms with Crippen LogP contribution < -0.4 is 11.1 Å². The highest BCUT2D eigenvalue weighted by atomic mass is 16.5. The molecule has 0 atom stereocenters. The molecule has 0 aliphatic rings. The van der Waals surface area contributed by atoms with Crippen molar-refractivity contribution in [1.29, 1.82) is 0 Å². The minimum atomic E-state index is 0.399. The number of nitrogens with one attached hydrogen (secondary N) is 1. The average Bonchev–Trinajstić information content (AvgIpc) is 2.47. The Bertz CT molecular complexity index is 279. The van der Waals surface area contributed by atoms with Crippen LogP contribution in [0.3, 0.4) is 0 Å². The minimum Gasteiger partial charge on any atom is -0.370 e. The highest BCUT2D eigenvalue weighted by Crippen LogP contribution is 1.99. The van der Waals surface area contributed by atoms with Crippen LogP contribution in [0.5, 0.6) is 0 Å². The van der Waals surface area contributed by atoms with E-state index in [1.165, 1.54) is 0 Å². The zero-order valence-electron chi connectivity index (χ0n) is 7.16. The van der Waals surface area contributed by atoms with Crippen molar-refractivity contribution in [1.82, 2.24) is 10.5 Å². The van der Waals surface area contributed by atoms with Crippen molar-refractivity contribution in [3.05, 3.63) is 17.5 Å². The molecule has 0 aromatic carbocycles. The van der Waals surface area contributed by atoms with Crippen molar-refractivity contribution in [2.75, 3.05) is 7.05 Å². The van der Waals surface area contributed by atoms with Crippen LogP contribution in [0.4, 0.5) is 0 Å². The summed E-state index contributed by atoms with van der Waals surface area (Å²) in [7, 11) is 1.62. The summed E-state index contributed by atoms with van der Waals surface area (Å²) in [6.07, 6.45) is 0. The van der Waals surface area contributed by atoms with Gasteiger partial charge >= 0.3 is 0 Å². The third-order valence-electron chi connectivity index (χ3n) is 1.37. The largest absolute Gasteiger partial charge is 0.370 e. The first-order valence-electron chi connectivity index (χ1n) is 3.60. The lowest BCUT2D eigenvalue weighted by molar-refractivity contribution is 0.390. The monoisotopic (exact) mass is 168 g/mol. The minimum absolute atomic E-state index is 0.399. The fourth-order valence-corrected chi connectivity index (χ4v) is 0.761. The van der Waals surface area contributed by atoms with E-state index < -0.39 is 0 Å². The van der Waals surface area contributed by atoms with Crippen LogP contribution in [0.15, 0.2) is 15.6 Å². The molecule has 0 spiro atoms. The summed E-state index contributed by atoms with van der Waals surface area (Å²) in [5, 5.41) is 6.64. The van der Waals surface area contributed by atoms with Crippen molar-refractivity contribution in [2.45, 2.75) is 13.5 Å². The number of aryl methyl sites for hydroxylation is 1. The summed E-state index contributed by atoms with van der Waals surface area (Å²) in [5.74, 6) is 1.19. The van der Waals surface area contributed by atoms with Crippen molar-refractivity contribution in [3.63, 3.8) is 0 Å². The predicted molar refractivity (Wildman–Crippen MR) is 45.6 cm³/mol. The molecule has 66 valence electrons. The lowest BCUT2D eigenvalue weighted by Gasteiger charge is -1.99. The van der Waals surface area contributed by atoms with Gasteiger partial charge in [-0.15, -0.1) is 0 Å². The van der Waals surface area contributed by atoms with E-state index in [1.54, 1.807) is 7.05 Å². The number of rotatable bonds is 2. The summed E-state index contributed by atoms with van der Waals surface area (Å²) in [6.45, 7) is 2.38. The molecule has 0 bridgehead atoms. The van der Waals surface area contributed by atoms with Crippen LogP contribution in [0.2, 0.25) is 0 Å². The fourth-order valence-electron chi connectivity index (χ4n) is 0.761. The molecular weight excluding hydrogens is 156 g/mol. The second-order valence-electron chi connectivity index (χ2n) is 2.39. The van der Waals surface area contributed by atoms with Crippen molar-refractivity contribution in [3.8, 4) is 0 Å². The molecule has 0 aliphatic carbocycles. The van der Waals surface area contributed by atoms with Gasteiger partial charge in [0.15, 0.2) is 5.96 Å². The van der Waals surface area contributed by atoms with Crippen LogP contribution in [-0.2, 0) is 6.54 Å². The molecule has 0 radical (unpaired) electrons. The zero-order chi connectivity index (χ0) is 8.97. The second kappa shape index (κ2) is 3.75. The molecule has 1 heterocycles. The van der Waals surface area contributed by atoms with Crippen molar-refractivity contribution in [2.24, 2.45) is 10.7 Å². The van der Waals surface area contributed by atoms with Gasteiger partial charge in [-0.25, -0.2) is 0 Å². The van der Waals surface area contributed by atoms with E-state index in [2.05, 4.69) is 15.5 Å². The highest BCUT2D eigenvalue weighted by molar-refractivity contribution is 5.77. The molecule has 0 saturated heterocycles. The quantitative estimate of drug-likeness (QED) is 0.482. The fraction of sp³-hybridized carbons (Fsp3) is 0.429. The van der Waals surface area contributed by atoms with E-state index in [4.69, 9.17) is 10.3 Å². The topological polar surface area (TPSA) is 76.4 Å². The van der Waals surface area contributed by atoms with E-state index in [1.807, 2.05) is 13.0 Å². The molecule has 0 fully saturated rings. The number of aliphatic imine (C=N–C) groups is 1. The Balaban J connectivity index is 2.43.